The smallest absolute Gasteiger partial charge is 0.306 e. The third kappa shape index (κ3) is 14.1. The van der Waals surface area contributed by atoms with Crippen LogP contribution >= 0.6 is 15.9 Å². The van der Waals surface area contributed by atoms with E-state index in [1.807, 2.05) is 56.3 Å². The van der Waals surface area contributed by atoms with Crippen molar-refractivity contribution in [2.24, 2.45) is 0 Å². The Kier molecular flexibility index (Phi) is 19.5. The number of carbonyl (C=O) groups is 2. The van der Waals surface area contributed by atoms with Crippen molar-refractivity contribution >= 4 is 49.4 Å². The molecular weight excluding hydrogens is 688 g/mol. The number of halogens is 1. The van der Waals surface area contributed by atoms with Crippen LogP contribution in [0.25, 0.3) is 21.5 Å². The lowest BCUT2D eigenvalue weighted by atomic mass is 10.0. The first-order valence-corrected chi connectivity index (χ1v) is 19.1. The molecule has 0 saturated carbocycles. The molecule has 2 unspecified atom stereocenters. The predicted molar refractivity (Wildman–Crippen MR) is 200 cm³/mol. The van der Waals surface area contributed by atoms with Crippen LogP contribution in [0.2, 0.25) is 0 Å². The molecule has 3 aromatic rings. The molecule has 8 nitrogen and oxygen atoms in total. The summed E-state index contributed by atoms with van der Waals surface area (Å²) in [5.41, 5.74) is 0. The molecule has 0 N–H and O–H groups in total. The monoisotopic (exact) mass is 744 g/mol. The van der Waals surface area contributed by atoms with Crippen LogP contribution in [0.4, 0.5) is 0 Å². The SMILES string of the molecule is CCCCCCC(=O)OC(COCCC)COc1c2ccccc2c(OCC(COCCC)OC(=O)CCCCCC)c2cc(Br)ccc12. The summed E-state index contributed by atoms with van der Waals surface area (Å²) in [7, 11) is 0. The van der Waals surface area contributed by atoms with Crippen molar-refractivity contribution < 1.29 is 38.0 Å². The van der Waals surface area contributed by atoms with E-state index >= 15 is 0 Å². The number of hydrogen-bond acceptors (Lipinski definition) is 8. The standard InChI is InChI=1S/C40H57BrO8/c1-5-9-11-13-19-37(42)48-31(26-44-23-7-3)28-46-39-33-17-15-16-18-34(33)40(36-25-30(41)21-22-35(36)39)47-29-32(27-45-24-8-4)49-38(43)20-14-12-10-6-2/h15-18,21-22,25,31-32H,5-14,19-20,23-24,26-29H2,1-4H3. The first kappa shape index (κ1) is 40.5. The summed E-state index contributed by atoms with van der Waals surface area (Å²) < 4.78 is 37.3. The molecule has 3 aromatic carbocycles. The molecule has 49 heavy (non-hydrogen) atoms. The lowest BCUT2D eigenvalue weighted by Crippen LogP contribution is -2.30. The van der Waals surface area contributed by atoms with Gasteiger partial charge in [-0.15, -0.1) is 0 Å². The Labute approximate surface area is 301 Å². The average Bonchev–Trinajstić information content (AvgIpc) is 3.09. The van der Waals surface area contributed by atoms with Crippen molar-refractivity contribution in [2.45, 2.75) is 117 Å². The fourth-order valence-electron chi connectivity index (χ4n) is 5.57. The molecule has 0 aliphatic carbocycles. The third-order valence-electron chi connectivity index (χ3n) is 8.08. The maximum atomic E-state index is 12.7. The summed E-state index contributed by atoms with van der Waals surface area (Å²) in [6.45, 7) is 10.3. The van der Waals surface area contributed by atoms with Gasteiger partial charge in [0.05, 0.1) is 13.2 Å². The number of carbonyl (C=O) groups excluding carboxylic acids is 2. The fourth-order valence-corrected chi connectivity index (χ4v) is 5.93. The number of fused-ring (bicyclic) bond motifs is 2. The lowest BCUT2D eigenvalue weighted by Gasteiger charge is -2.23. The highest BCUT2D eigenvalue weighted by molar-refractivity contribution is 9.10. The Morgan fingerprint density at radius 3 is 1.51 bits per heavy atom. The summed E-state index contributed by atoms with van der Waals surface area (Å²) in [6.07, 6.45) is 9.47. The second-order valence-electron chi connectivity index (χ2n) is 12.5. The molecule has 0 aliphatic rings. The molecule has 0 bridgehead atoms. The Morgan fingerprint density at radius 2 is 1.04 bits per heavy atom. The van der Waals surface area contributed by atoms with E-state index in [2.05, 4.69) is 29.8 Å². The number of unbranched alkanes of at least 4 members (excludes halogenated alkanes) is 6. The number of hydrogen-bond donors (Lipinski definition) is 0. The maximum Gasteiger partial charge on any atom is 0.306 e. The van der Waals surface area contributed by atoms with Crippen LogP contribution in [0.1, 0.15) is 105 Å². The van der Waals surface area contributed by atoms with Gasteiger partial charge in [-0.05, 0) is 43.9 Å². The summed E-state index contributed by atoms with van der Waals surface area (Å²) in [5, 5.41) is 3.41. The highest BCUT2D eigenvalue weighted by atomic mass is 79.9. The van der Waals surface area contributed by atoms with Gasteiger partial charge in [-0.3, -0.25) is 9.59 Å². The van der Waals surface area contributed by atoms with Gasteiger partial charge in [-0.25, -0.2) is 0 Å². The molecule has 0 fully saturated rings. The molecule has 0 aliphatic heterocycles. The molecular formula is C40H57BrO8. The van der Waals surface area contributed by atoms with Crippen LogP contribution in [0.3, 0.4) is 0 Å². The summed E-state index contributed by atoms with van der Waals surface area (Å²) in [5.74, 6) is 0.878. The molecule has 0 radical (unpaired) electrons. The Morgan fingerprint density at radius 1 is 0.571 bits per heavy atom. The summed E-state index contributed by atoms with van der Waals surface area (Å²) >= 11 is 3.64. The topological polar surface area (TPSA) is 89.5 Å². The number of rotatable bonds is 26. The predicted octanol–water partition coefficient (Wildman–Crippen LogP) is 10.1. The molecule has 3 rings (SSSR count). The van der Waals surface area contributed by atoms with E-state index in [1.165, 1.54) is 0 Å². The van der Waals surface area contributed by atoms with E-state index < -0.39 is 12.2 Å². The second kappa shape index (κ2) is 23.5. The zero-order valence-corrected chi connectivity index (χ0v) is 31.7. The largest absolute Gasteiger partial charge is 0.488 e. The van der Waals surface area contributed by atoms with Crippen molar-refractivity contribution in [3.05, 3.63) is 46.9 Å². The molecule has 0 aromatic heterocycles. The number of ether oxygens (including phenoxy) is 6. The van der Waals surface area contributed by atoms with Crippen LogP contribution in [0.5, 0.6) is 11.5 Å². The van der Waals surface area contributed by atoms with Gasteiger partial charge in [-0.2, -0.15) is 0 Å². The van der Waals surface area contributed by atoms with Crippen LogP contribution in [0.15, 0.2) is 46.9 Å². The van der Waals surface area contributed by atoms with Crippen molar-refractivity contribution in [1.29, 1.82) is 0 Å². The molecule has 272 valence electrons. The zero-order chi connectivity index (χ0) is 35.3. The van der Waals surface area contributed by atoms with Gasteiger partial charge in [0.25, 0.3) is 0 Å². The number of esters is 2. The van der Waals surface area contributed by atoms with Gasteiger partial charge < -0.3 is 28.4 Å². The minimum atomic E-state index is -0.553. The first-order chi connectivity index (χ1) is 23.9. The lowest BCUT2D eigenvalue weighted by molar-refractivity contribution is -0.155. The van der Waals surface area contributed by atoms with Crippen LogP contribution in [0, 0.1) is 0 Å². The molecule has 0 spiro atoms. The van der Waals surface area contributed by atoms with E-state index in [9.17, 15) is 9.59 Å². The van der Waals surface area contributed by atoms with Crippen LogP contribution < -0.4 is 9.47 Å². The molecule has 9 heteroatoms. The average molecular weight is 746 g/mol. The van der Waals surface area contributed by atoms with Crippen molar-refractivity contribution in [3.63, 3.8) is 0 Å². The fraction of sp³-hybridized carbons (Fsp3) is 0.600. The van der Waals surface area contributed by atoms with Crippen molar-refractivity contribution in [1.82, 2.24) is 0 Å². The summed E-state index contributed by atoms with van der Waals surface area (Å²) in [4.78, 5) is 25.5. The van der Waals surface area contributed by atoms with E-state index in [0.717, 1.165) is 90.2 Å². The van der Waals surface area contributed by atoms with Gasteiger partial charge in [0.2, 0.25) is 0 Å². The minimum Gasteiger partial charge on any atom is -0.488 e. The third-order valence-corrected chi connectivity index (χ3v) is 8.58. The van der Waals surface area contributed by atoms with Crippen molar-refractivity contribution in [3.8, 4) is 11.5 Å². The quantitative estimate of drug-likeness (QED) is 0.0456. The van der Waals surface area contributed by atoms with Gasteiger partial charge in [0.1, 0.15) is 24.7 Å². The van der Waals surface area contributed by atoms with E-state index in [0.29, 0.717) is 37.6 Å². The van der Waals surface area contributed by atoms with Gasteiger partial charge >= 0.3 is 11.9 Å². The van der Waals surface area contributed by atoms with Crippen molar-refractivity contribution in [2.75, 3.05) is 39.6 Å². The normalized spacial score (nSPS) is 12.6. The molecule has 0 amide bonds. The maximum absolute atomic E-state index is 12.7. The Balaban J connectivity index is 1.87. The Hall–Kier alpha value is -2.88. The highest BCUT2D eigenvalue weighted by Crippen LogP contribution is 2.44. The van der Waals surface area contributed by atoms with Crippen LogP contribution in [-0.4, -0.2) is 63.8 Å². The van der Waals surface area contributed by atoms with E-state index in [1.54, 1.807) is 0 Å². The van der Waals surface area contributed by atoms with Crippen LogP contribution in [-0.2, 0) is 28.5 Å². The number of benzene rings is 3. The Bertz CT molecular complexity index is 1410. The molecule has 2 atom stereocenters. The summed E-state index contributed by atoms with van der Waals surface area (Å²) in [6, 6.07) is 13.9. The molecule has 0 saturated heterocycles. The second-order valence-corrected chi connectivity index (χ2v) is 13.4. The minimum absolute atomic E-state index is 0.140. The zero-order valence-electron chi connectivity index (χ0n) is 30.1. The van der Waals surface area contributed by atoms with Gasteiger partial charge in [0, 0.05) is 52.1 Å². The van der Waals surface area contributed by atoms with E-state index in [-0.39, 0.29) is 38.4 Å². The first-order valence-electron chi connectivity index (χ1n) is 18.4. The van der Waals surface area contributed by atoms with Gasteiger partial charge in [-0.1, -0.05) is 106 Å². The van der Waals surface area contributed by atoms with E-state index in [4.69, 9.17) is 28.4 Å². The highest BCUT2D eigenvalue weighted by Gasteiger charge is 2.22. The molecule has 0 heterocycles. The van der Waals surface area contributed by atoms with Gasteiger partial charge in [0.15, 0.2) is 12.2 Å².